The number of amides is 5. The van der Waals surface area contributed by atoms with E-state index in [0.29, 0.717) is 12.8 Å². The van der Waals surface area contributed by atoms with Crippen LogP contribution in [0.5, 0.6) is 0 Å². The fourth-order valence-electron chi connectivity index (χ4n) is 7.89. The molecule has 52 heavy (non-hydrogen) atoms. The van der Waals surface area contributed by atoms with Gasteiger partial charge in [-0.25, -0.2) is 13.2 Å². The van der Waals surface area contributed by atoms with E-state index in [1.54, 1.807) is 39.0 Å². The van der Waals surface area contributed by atoms with Crippen LogP contribution in [-0.4, -0.2) is 85.4 Å². The predicted octanol–water partition coefficient (Wildman–Crippen LogP) is 2.97. The van der Waals surface area contributed by atoms with E-state index in [0.717, 1.165) is 19.3 Å². The number of nitrogens with one attached hydrogen (secondary N) is 4. The van der Waals surface area contributed by atoms with Gasteiger partial charge in [-0.05, 0) is 54.1 Å². The number of hydrogen-bond donors (Lipinski definition) is 4. The molecule has 3 fully saturated rings. The van der Waals surface area contributed by atoms with E-state index < -0.39 is 68.5 Å². The number of carbonyl (C=O) groups is 5. The molecule has 1 aliphatic heterocycles. The van der Waals surface area contributed by atoms with Gasteiger partial charge in [0.2, 0.25) is 17.6 Å². The number of ketones is 1. The summed E-state index contributed by atoms with van der Waals surface area (Å²) in [4.78, 5) is 69.8. The molecular weight excluding hydrogens is 683 g/mol. The summed E-state index contributed by atoms with van der Waals surface area (Å²) in [6, 6.07) is 4.20. The van der Waals surface area contributed by atoms with Crippen molar-refractivity contribution in [2.24, 2.45) is 22.7 Å². The molecule has 1 aromatic rings. The smallest absolute Gasteiger partial charge is 0.315 e. The number of fused-ring (bicyclic) bond motifs is 1. The van der Waals surface area contributed by atoms with Crippen LogP contribution < -0.4 is 21.3 Å². The van der Waals surface area contributed by atoms with E-state index in [9.17, 15) is 32.4 Å². The molecule has 0 aromatic heterocycles. The second kappa shape index (κ2) is 16.1. The molecule has 0 spiro atoms. The first-order chi connectivity index (χ1) is 24.4. The second-order valence-electron chi connectivity index (χ2n) is 16.1. The lowest BCUT2D eigenvalue weighted by atomic mass is 9.83. The summed E-state index contributed by atoms with van der Waals surface area (Å²) in [6.07, 6.45) is 14.4. The monoisotopic (exact) mass is 735 g/mol. The summed E-state index contributed by atoms with van der Waals surface area (Å²) in [6.45, 7) is 9.80. The zero-order valence-electron chi connectivity index (χ0n) is 30.9. The Balaban J connectivity index is 1.55. The Bertz CT molecular complexity index is 1710. The van der Waals surface area contributed by atoms with Crippen molar-refractivity contribution in [1.82, 2.24) is 26.2 Å². The number of Topliss-reactive ketones (excluding diaryl/α,β-unsaturated/α-hetero) is 1. The molecule has 1 heterocycles. The quantitative estimate of drug-likeness (QED) is 0.129. The molecule has 2 unspecified atom stereocenters. The van der Waals surface area contributed by atoms with Gasteiger partial charge in [0, 0.05) is 25.9 Å². The number of carbonyl (C=O) groups excluding carboxylic acids is 5. The van der Waals surface area contributed by atoms with E-state index in [4.69, 9.17) is 12.8 Å². The molecule has 1 saturated heterocycles. The molecule has 0 radical (unpaired) electrons. The van der Waals surface area contributed by atoms with E-state index in [1.165, 1.54) is 17.0 Å². The average Bonchev–Trinajstić information content (AvgIpc) is 3.38. The van der Waals surface area contributed by atoms with E-state index >= 15 is 0 Å². The summed E-state index contributed by atoms with van der Waals surface area (Å²) < 4.78 is 27.0. The number of urea groups is 1. The Hall–Kier alpha value is -4.36. The first-order valence-electron chi connectivity index (χ1n) is 18.0. The molecule has 0 bridgehead atoms. The van der Waals surface area contributed by atoms with Crippen molar-refractivity contribution >= 4 is 39.4 Å². The van der Waals surface area contributed by atoms with Gasteiger partial charge in [-0.3, -0.25) is 19.2 Å². The van der Waals surface area contributed by atoms with Gasteiger partial charge in [-0.1, -0.05) is 72.1 Å². The highest BCUT2D eigenvalue weighted by Crippen LogP contribution is 2.65. The maximum absolute atomic E-state index is 14.5. The van der Waals surface area contributed by atoms with Crippen molar-refractivity contribution in [3.05, 3.63) is 30.3 Å². The lowest BCUT2D eigenvalue weighted by Crippen LogP contribution is -2.63. The van der Waals surface area contributed by atoms with Crippen LogP contribution in [0.3, 0.4) is 0 Å². The minimum atomic E-state index is -3.74. The molecule has 5 atom stereocenters. The molecular formula is C39H53N5O7S. The minimum Gasteiger partial charge on any atom is -0.348 e. The predicted molar refractivity (Wildman–Crippen MR) is 197 cm³/mol. The van der Waals surface area contributed by atoms with Crippen LogP contribution in [0.1, 0.15) is 86.0 Å². The topological polar surface area (TPSA) is 171 Å². The fraction of sp³-hybridized carbons (Fsp3) is 0.615. The van der Waals surface area contributed by atoms with Gasteiger partial charge in [-0.15, -0.1) is 24.7 Å². The summed E-state index contributed by atoms with van der Waals surface area (Å²) >= 11 is 0. The molecule has 12 nitrogen and oxygen atoms in total. The standard InChI is InChI=1S/C39H53N5O7S/c1-8-10-20-28(31(45)34(47)40-23-11-9-2)41-33(46)30-29-27(38(29,6)7)24-44(30)35(48)32(37(3,4)5)42-36(49)43-39(21-16-13-17-22-39)25-52(50,51)26-18-14-12-15-19-26/h1-2,12,14-15,18-19,27-30,32H,10-11,13,16-17,20-25H2,3-7H3,(H,40,47)(H,41,46)(H2,42,43,49)/t27-,28?,29?,30+,32-/m1/s1. The third-order valence-electron chi connectivity index (χ3n) is 10.9. The Morgan fingerprint density at radius 2 is 1.60 bits per heavy atom. The molecule has 2 aliphatic carbocycles. The lowest BCUT2D eigenvalue weighted by Gasteiger charge is -2.40. The van der Waals surface area contributed by atoms with Crippen molar-refractivity contribution in [3.63, 3.8) is 0 Å². The Kier molecular flexibility index (Phi) is 12.5. The average molecular weight is 736 g/mol. The molecule has 282 valence electrons. The number of likely N-dealkylation sites (tertiary alicyclic amines) is 1. The van der Waals surface area contributed by atoms with Gasteiger partial charge in [0.05, 0.1) is 22.2 Å². The number of terminal acetylenes is 2. The third-order valence-corrected chi connectivity index (χ3v) is 12.8. The van der Waals surface area contributed by atoms with Crippen LogP contribution in [0.4, 0.5) is 4.79 Å². The van der Waals surface area contributed by atoms with Crippen LogP contribution in [0.25, 0.3) is 0 Å². The van der Waals surface area contributed by atoms with E-state index in [-0.39, 0.29) is 60.3 Å². The molecule has 3 aliphatic rings. The van der Waals surface area contributed by atoms with Crippen LogP contribution >= 0.6 is 0 Å². The maximum Gasteiger partial charge on any atom is 0.315 e. The van der Waals surface area contributed by atoms with Gasteiger partial charge in [-0.2, -0.15) is 0 Å². The molecule has 4 N–H and O–H groups in total. The highest BCUT2D eigenvalue weighted by atomic mass is 32.2. The zero-order valence-corrected chi connectivity index (χ0v) is 31.7. The van der Waals surface area contributed by atoms with Gasteiger partial charge in [0.1, 0.15) is 12.1 Å². The Morgan fingerprint density at radius 3 is 2.19 bits per heavy atom. The summed E-state index contributed by atoms with van der Waals surface area (Å²) in [5.74, 6) is 1.52. The van der Waals surface area contributed by atoms with Gasteiger partial charge in [0.15, 0.2) is 9.84 Å². The molecule has 4 rings (SSSR count). The highest BCUT2D eigenvalue weighted by molar-refractivity contribution is 7.91. The summed E-state index contributed by atoms with van der Waals surface area (Å²) in [5.41, 5.74) is -2.10. The number of sulfone groups is 1. The first-order valence-corrected chi connectivity index (χ1v) is 19.7. The number of rotatable bonds is 14. The van der Waals surface area contributed by atoms with E-state index in [2.05, 4.69) is 33.1 Å². The SMILES string of the molecule is C#CCCNC(=O)C(=O)C(CCC#C)NC(=O)[C@@H]1C2[C@@H](CN1C(=O)[C@@H](NC(=O)NC1(CS(=O)(=O)c3ccccc3)CCCCC1)C(C)(C)C)C2(C)C. The highest BCUT2D eigenvalue weighted by Gasteiger charge is 2.70. The molecule has 5 amide bonds. The zero-order chi connectivity index (χ0) is 38.5. The van der Waals surface area contributed by atoms with E-state index in [1.807, 2.05) is 13.8 Å². The van der Waals surface area contributed by atoms with Crippen LogP contribution in [0.2, 0.25) is 0 Å². The number of nitrogens with zero attached hydrogens (tertiary/aromatic N) is 1. The normalized spacial score (nSPS) is 22.7. The number of benzene rings is 1. The van der Waals surface area contributed by atoms with Crippen molar-refractivity contribution in [2.45, 2.75) is 115 Å². The van der Waals surface area contributed by atoms with Crippen LogP contribution in [-0.2, 0) is 29.0 Å². The summed E-state index contributed by atoms with van der Waals surface area (Å²) in [7, 11) is -3.74. The lowest BCUT2D eigenvalue weighted by molar-refractivity contribution is -0.145. The van der Waals surface area contributed by atoms with Gasteiger partial charge >= 0.3 is 6.03 Å². The largest absolute Gasteiger partial charge is 0.348 e. The van der Waals surface area contributed by atoms with Gasteiger partial charge in [0.25, 0.3) is 5.91 Å². The second-order valence-corrected chi connectivity index (χ2v) is 18.1. The maximum atomic E-state index is 14.5. The summed E-state index contributed by atoms with van der Waals surface area (Å²) in [5, 5.41) is 11.0. The van der Waals surface area contributed by atoms with Crippen LogP contribution in [0.15, 0.2) is 35.2 Å². The first kappa shape index (κ1) is 40.4. The number of hydrogen-bond acceptors (Lipinski definition) is 7. The number of piperidine rings is 1. The van der Waals surface area contributed by atoms with Crippen molar-refractivity contribution in [1.29, 1.82) is 0 Å². The minimum absolute atomic E-state index is 0.00210. The van der Waals surface area contributed by atoms with Crippen molar-refractivity contribution < 1.29 is 32.4 Å². The van der Waals surface area contributed by atoms with Crippen molar-refractivity contribution in [2.75, 3.05) is 18.8 Å². The third kappa shape index (κ3) is 9.16. The van der Waals surface area contributed by atoms with Crippen LogP contribution in [0, 0.1) is 47.4 Å². The van der Waals surface area contributed by atoms with Crippen molar-refractivity contribution in [3.8, 4) is 24.7 Å². The molecule has 1 aromatic carbocycles. The Morgan fingerprint density at radius 1 is 0.962 bits per heavy atom. The Labute approximate surface area is 308 Å². The fourth-order valence-corrected chi connectivity index (χ4v) is 9.72. The van der Waals surface area contributed by atoms with Gasteiger partial charge < -0.3 is 26.2 Å². The molecule has 13 heteroatoms. The molecule has 2 saturated carbocycles.